The first-order chi connectivity index (χ1) is 33.5. The van der Waals surface area contributed by atoms with Crippen LogP contribution in [0.4, 0.5) is 31.4 Å². The van der Waals surface area contributed by atoms with E-state index in [4.69, 9.17) is 39.4 Å². The van der Waals surface area contributed by atoms with Crippen LogP contribution in [0.1, 0.15) is 132 Å². The standard InChI is InChI=1S/C21H23N3O8.C20H21NO7.C6H10O4.8CH4.V/c1-22-20(28)23-16-6-2-14(3-7-16)18(26)30-12-13-31-19(27)15-4-8-17(9-5-15)24-21(29)32-11-10-25;1-14-2-4-15(5-3-14)18(23)26-12-13-27-19(24)16-6-8-17(9-7-16)21-20(25)28-11-10-22;7-5(8)3-1-2-4-6(9)10;;;;;;;;;/h2-9,25H,10-13H2,1H3,(H,24,29)(H2,22,23,28);2-9,22H,10-13H2,1H3,(H,21,25);1-4H2,(H,7,8)(H,9,10);8*1H4;. The van der Waals surface area contributed by atoms with E-state index >= 15 is 0 Å². The molecule has 0 aliphatic heterocycles. The van der Waals surface area contributed by atoms with Crippen LogP contribution in [0.3, 0.4) is 0 Å². The largest absolute Gasteiger partial charge is 0.481 e. The SMILES string of the molecule is C.C.C.C.C.C.C.C.CNC(=O)Nc1ccc(C(=O)OCCOC(=O)c2ccc(NC(=O)OCCO)cc2)cc1.Cc1ccc(C(=O)OCCOC(=O)c2ccc(NC(=O)OCCO)cc2)cc1.O=C(O)CCCCC(=O)O.[V]. The van der Waals surface area contributed by atoms with Crippen LogP contribution in [0.2, 0.25) is 0 Å². The topological polar surface area (TPSA) is 338 Å². The van der Waals surface area contributed by atoms with Gasteiger partial charge in [-0.05, 0) is 105 Å². The third-order valence-electron chi connectivity index (χ3n) is 8.41. The molecule has 4 aromatic rings. The molecule has 4 rings (SSSR count). The molecule has 24 heteroatoms. The molecule has 0 bridgehead atoms. The number of carboxylic acid groups (broad SMARTS) is 2. The zero-order chi connectivity index (χ0) is 51.7. The van der Waals surface area contributed by atoms with E-state index in [1.54, 1.807) is 24.3 Å². The molecule has 8 N–H and O–H groups in total. The van der Waals surface area contributed by atoms with Crippen molar-refractivity contribution in [3.8, 4) is 0 Å². The summed E-state index contributed by atoms with van der Waals surface area (Å²) in [5.74, 6) is -4.03. The minimum Gasteiger partial charge on any atom is -0.481 e. The Kier molecular flexibility index (Phi) is 56.4. The summed E-state index contributed by atoms with van der Waals surface area (Å²) in [6.45, 7) is 0.715. The van der Waals surface area contributed by atoms with Gasteiger partial charge in [-0.15, -0.1) is 0 Å². The minimum absolute atomic E-state index is 0. The Morgan fingerprint density at radius 1 is 0.392 bits per heavy atom. The molecule has 0 aromatic heterocycles. The minimum atomic E-state index is -0.870. The van der Waals surface area contributed by atoms with Gasteiger partial charge < -0.3 is 59.5 Å². The average molecular weight is 1160 g/mol. The van der Waals surface area contributed by atoms with E-state index in [1.165, 1.54) is 67.7 Å². The molecule has 0 aliphatic carbocycles. The normalized spacial score (nSPS) is 8.76. The summed E-state index contributed by atoms with van der Waals surface area (Å²) in [5, 5.41) is 43.3. The number of urea groups is 1. The van der Waals surface area contributed by atoms with Crippen LogP contribution in [0, 0.1) is 6.92 Å². The maximum Gasteiger partial charge on any atom is 0.411 e. The number of carboxylic acids is 2. The van der Waals surface area contributed by atoms with Crippen molar-refractivity contribution in [3.05, 3.63) is 125 Å². The number of unbranched alkanes of at least 4 members (excludes halogenated alkanes) is 1. The van der Waals surface area contributed by atoms with Crippen molar-refractivity contribution in [3.63, 3.8) is 0 Å². The number of ether oxygens (including phenoxy) is 6. The first-order valence-corrected chi connectivity index (χ1v) is 21.1. The van der Waals surface area contributed by atoms with E-state index < -0.39 is 48.0 Å². The van der Waals surface area contributed by atoms with Crippen LogP contribution in [0.25, 0.3) is 0 Å². The van der Waals surface area contributed by atoms with Crippen LogP contribution in [-0.4, -0.2) is 134 Å². The van der Waals surface area contributed by atoms with E-state index in [0.29, 0.717) is 35.5 Å². The molecule has 4 aromatic carbocycles. The van der Waals surface area contributed by atoms with Crippen LogP contribution >= 0.6 is 0 Å². The molecule has 79 heavy (non-hydrogen) atoms. The van der Waals surface area contributed by atoms with Crippen LogP contribution < -0.4 is 21.3 Å². The molecule has 0 heterocycles. The Hall–Kier alpha value is -7.99. The Balaban J connectivity index is -0.000000166. The van der Waals surface area contributed by atoms with E-state index in [0.717, 1.165) is 5.56 Å². The number of hydrogen-bond acceptors (Lipinski definition) is 17. The van der Waals surface area contributed by atoms with Crippen molar-refractivity contribution >= 4 is 71.1 Å². The number of aliphatic hydroxyl groups is 2. The van der Waals surface area contributed by atoms with Crippen LogP contribution in [-0.2, 0) is 56.6 Å². The molecule has 0 fully saturated rings. The fraction of sp³-hybridized carbons (Fsp3) is 0.400. The monoisotopic (exact) mass is 1160 g/mol. The van der Waals surface area contributed by atoms with Gasteiger partial charge >= 0.3 is 54.0 Å². The van der Waals surface area contributed by atoms with Gasteiger partial charge in [-0.25, -0.2) is 33.6 Å². The first-order valence-electron chi connectivity index (χ1n) is 21.1. The molecule has 0 unspecified atom stereocenters. The summed E-state index contributed by atoms with van der Waals surface area (Å²) in [7, 11) is 1.49. The van der Waals surface area contributed by atoms with E-state index in [2.05, 4.69) is 30.7 Å². The Bertz CT molecular complexity index is 2300. The number of carbonyl (C=O) groups excluding carboxylic acids is 7. The number of benzene rings is 4. The maximum atomic E-state index is 12.0. The second kappa shape index (κ2) is 50.8. The molecule has 0 saturated heterocycles. The van der Waals surface area contributed by atoms with Gasteiger partial charge in [-0.3, -0.25) is 20.2 Å². The summed E-state index contributed by atoms with van der Waals surface area (Å²) >= 11 is 0. The number of carbonyl (C=O) groups is 9. The molecule has 0 atom stereocenters. The molecular formula is C55H86N4O19V. The zero-order valence-electron chi connectivity index (χ0n) is 38.6. The van der Waals surface area contributed by atoms with Gasteiger partial charge in [0.1, 0.15) is 39.6 Å². The van der Waals surface area contributed by atoms with Crippen molar-refractivity contribution in [2.45, 2.75) is 92.0 Å². The average Bonchev–Trinajstić information content (AvgIpc) is 3.35. The van der Waals surface area contributed by atoms with Gasteiger partial charge in [0.15, 0.2) is 0 Å². The molecular weight excluding hydrogens is 1070 g/mol. The van der Waals surface area contributed by atoms with Gasteiger partial charge in [-0.1, -0.05) is 77.1 Å². The molecule has 0 aliphatic rings. The number of amides is 4. The Morgan fingerprint density at radius 2 is 0.646 bits per heavy atom. The molecule has 23 nitrogen and oxygen atoms in total. The smallest absolute Gasteiger partial charge is 0.411 e. The van der Waals surface area contributed by atoms with Crippen LogP contribution in [0.15, 0.2) is 97.1 Å². The molecule has 445 valence electrons. The summed E-state index contributed by atoms with van der Waals surface area (Å²) in [4.78, 5) is 102. The van der Waals surface area contributed by atoms with E-state index in [1.807, 2.05) is 19.1 Å². The predicted octanol–water partition coefficient (Wildman–Crippen LogP) is 10.3. The fourth-order valence-electron chi connectivity index (χ4n) is 4.96. The fourth-order valence-corrected chi connectivity index (χ4v) is 4.96. The number of esters is 4. The second-order valence-corrected chi connectivity index (χ2v) is 13.8. The molecule has 1 radical (unpaired) electrons. The third kappa shape index (κ3) is 39.1. The summed E-state index contributed by atoms with van der Waals surface area (Å²) in [5.41, 5.74) is 3.59. The van der Waals surface area contributed by atoms with Gasteiger partial charge in [0.2, 0.25) is 0 Å². The van der Waals surface area contributed by atoms with Gasteiger partial charge in [0.25, 0.3) is 0 Å². The Morgan fingerprint density at radius 3 is 0.886 bits per heavy atom. The van der Waals surface area contributed by atoms with E-state index in [-0.39, 0.29) is 166 Å². The summed E-state index contributed by atoms with van der Waals surface area (Å²) < 4.78 is 29.5. The van der Waals surface area contributed by atoms with E-state index in [9.17, 15) is 43.2 Å². The number of hydrogen-bond donors (Lipinski definition) is 8. The van der Waals surface area contributed by atoms with Crippen LogP contribution in [0.5, 0.6) is 0 Å². The van der Waals surface area contributed by atoms with Gasteiger partial charge in [0.05, 0.1) is 35.5 Å². The van der Waals surface area contributed by atoms with Gasteiger partial charge in [0, 0.05) is 55.5 Å². The summed E-state index contributed by atoms with van der Waals surface area (Å²) in [6.07, 6.45) is -0.419. The van der Waals surface area contributed by atoms with Crippen molar-refractivity contribution < 1.29 is 111 Å². The number of anilines is 3. The number of nitrogens with one attached hydrogen (secondary N) is 4. The number of aryl methyl sites for hydroxylation is 1. The zero-order valence-corrected chi connectivity index (χ0v) is 40.0. The predicted molar refractivity (Wildman–Crippen MR) is 301 cm³/mol. The van der Waals surface area contributed by atoms with Crippen molar-refractivity contribution in [1.82, 2.24) is 5.32 Å². The molecule has 0 saturated carbocycles. The number of rotatable bonds is 22. The molecule has 0 spiro atoms. The maximum absolute atomic E-state index is 12.0. The second-order valence-electron chi connectivity index (χ2n) is 13.8. The summed E-state index contributed by atoms with van der Waals surface area (Å²) in [6, 6.07) is 24.5. The Labute approximate surface area is 477 Å². The van der Waals surface area contributed by atoms with Crippen molar-refractivity contribution in [2.75, 3.05) is 75.9 Å². The van der Waals surface area contributed by atoms with Crippen molar-refractivity contribution in [1.29, 1.82) is 0 Å². The number of aliphatic hydroxyl groups excluding tert-OH is 2. The number of aliphatic carboxylic acids is 2. The first kappa shape index (κ1) is 87.7. The molecule has 4 amide bonds. The quantitative estimate of drug-likeness (QED) is 0.0206. The van der Waals surface area contributed by atoms with Crippen molar-refractivity contribution in [2.24, 2.45) is 0 Å². The van der Waals surface area contributed by atoms with Gasteiger partial charge in [-0.2, -0.15) is 0 Å². The third-order valence-corrected chi connectivity index (χ3v) is 8.41.